The summed E-state index contributed by atoms with van der Waals surface area (Å²) in [5.41, 5.74) is 1.05. The van der Waals surface area contributed by atoms with E-state index in [1.54, 1.807) is 24.3 Å². The van der Waals surface area contributed by atoms with Gasteiger partial charge in [0.1, 0.15) is 0 Å². The van der Waals surface area contributed by atoms with E-state index in [1.807, 2.05) is 12.2 Å². The molecule has 3 nitrogen and oxygen atoms in total. The third-order valence-electron chi connectivity index (χ3n) is 3.10. The quantitative estimate of drug-likeness (QED) is 0.445. The molecule has 2 rings (SSSR count). The molecule has 98 valence electrons. The Hall–Kier alpha value is -2.16. The molecule has 3 heteroatoms. The molecule has 0 saturated heterocycles. The Morgan fingerprint density at radius 2 is 1.68 bits per heavy atom. The monoisotopic (exact) mass is 255 g/mol. The summed E-state index contributed by atoms with van der Waals surface area (Å²) in [7, 11) is 0. The highest BCUT2D eigenvalue weighted by Gasteiger charge is 2.34. The predicted octanol–water partition coefficient (Wildman–Crippen LogP) is 3.20. The fourth-order valence-corrected chi connectivity index (χ4v) is 2.12. The Morgan fingerprint density at radius 1 is 1.05 bits per heavy atom. The van der Waals surface area contributed by atoms with Crippen LogP contribution < -0.4 is 0 Å². The second kappa shape index (κ2) is 6.14. The summed E-state index contributed by atoms with van der Waals surface area (Å²) in [5, 5.41) is 0. The van der Waals surface area contributed by atoms with Crippen molar-refractivity contribution < 1.29 is 9.59 Å². The largest absolute Gasteiger partial charge is 0.274 e. The van der Waals surface area contributed by atoms with E-state index >= 15 is 0 Å². The molecule has 1 aliphatic heterocycles. The first-order valence-electron chi connectivity index (χ1n) is 6.47. The van der Waals surface area contributed by atoms with E-state index < -0.39 is 0 Å². The zero-order valence-corrected chi connectivity index (χ0v) is 10.8. The first-order chi connectivity index (χ1) is 9.25. The molecule has 0 aromatic heterocycles. The van der Waals surface area contributed by atoms with Gasteiger partial charge in [-0.25, -0.2) is 0 Å². The lowest BCUT2D eigenvalue weighted by Gasteiger charge is -2.12. The summed E-state index contributed by atoms with van der Waals surface area (Å²) in [5.74, 6) is -0.341. The van der Waals surface area contributed by atoms with Crippen LogP contribution in [0.4, 0.5) is 0 Å². The van der Waals surface area contributed by atoms with E-state index in [9.17, 15) is 9.59 Å². The smallest absolute Gasteiger partial charge is 0.261 e. The van der Waals surface area contributed by atoms with Gasteiger partial charge in [-0.3, -0.25) is 14.5 Å². The standard InChI is InChI=1S/C16H17NO2/c1-2-3-4-5-6-9-12-17-15(18)13-10-7-8-11-14(13)16(17)19/h2,4-5,7-8,10-11H,1,3,6,9,12H2/b5-4+. The lowest BCUT2D eigenvalue weighted by atomic mass is 10.1. The minimum atomic E-state index is -0.171. The Balaban J connectivity index is 1.92. The van der Waals surface area contributed by atoms with Gasteiger partial charge in [0.05, 0.1) is 11.1 Å². The average molecular weight is 255 g/mol. The molecule has 0 fully saturated rings. The van der Waals surface area contributed by atoms with Crippen molar-refractivity contribution in [2.24, 2.45) is 0 Å². The summed E-state index contributed by atoms with van der Waals surface area (Å²) >= 11 is 0. The highest BCUT2D eigenvalue weighted by atomic mass is 16.2. The highest BCUT2D eigenvalue weighted by Crippen LogP contribution is 2.22. The molecular formula is C16H17NO2. The molecule has 0 radical (unpaired) electrons. The van der Waals surface area contributed by atoms with Gasteiger partial charge in [-0.2, -0.15) is 0 Å². The van der Waals surface area contributed by atoms with Crippen molar-refractivity contribution in [3.63, 3.8) is 0 Å². The summed E-state index contributed by atoms with van der Waals surface area (Å²) < 4.78 is 0. The number of imide groups is 1. The number of nitrogens with zero attached hydrogens (tertiary/aromatic N) is 1. The Morgan fingerprint density at radius 3 is 2.26 bits per heavy atom. The van der Waals surface area contributed by atoms with Crippen LogP contribution in [0, 0.1) is 0 Å². The van der Waals surface area contributed by atoms with Gasteiger partial charge in [-0.05, 0) is 31.4 Å². The van der Waals surface area contributed by atoms with Gasteiger partial charge in [0.2, 0.25) is 0 Å². The molecule has 2 amide bonds. The van der Waals surface area contributed by atoms with Crippen LogP contribution in [0.2, 0.25) is 0 Å². The third kappa shape index (κ3) is 2.81. The summed E-state index contributed by atoms with van der Waals surface area (Å²) in [6.45, 7) is 4.11. The van der Waals surface area contributed by atoms with Crippen LogP contribution in [0.1, 0.15) is 40.0 Å². The molecule has 1 heterocycles. The van der Waals surface area contributed by atoms with E-state index in [2.05, 4.69) is 12.7 Å². The molecule has 1 aromatic rings. The minimum absolute atomic E-state index is 0.171. The molecule has 0 atom stereocenters. The van der Waals surface area contributed by atoms with E-state index in [4.69, 9.17) is 0 Å². The number of allylic oxidation sites excluding steroid dienone is 3. The Labute approximate surface area is 113 Å². The number of carbonyl (C=O) groups is 2. The van der Waals surface area contributed by atoms with Crippen LogP contribution in [0.3, 0.4) is 0 Å². The topological polar surface area (TPSA) is 37.4 Å². The number of unbranched alkanes of at least 4 members (excludes halogenated alkanes) is 1. The van der Waals surface area contributed by atoms with Crippen molar-refractivity contribution in [1.29, 1.82) is 0 Å². The molecule has 0 aliphatic carbocycles. The van der Waals surface area contributed by atoms with Crippen LogP contribution in [-0.2, 0) is 0 Å². The third-order valence-corrected chi connectivity index (χ3v) is 3.10. The first kappa shape index (κ1) is 13.3. The highest BCUT2D eigenvalue weighted by molar-refractivity contribution is 6.21. The maximum absolute atomic E-state index is 12.0. The number of carbonyl (C=O) groups excluding carboxylic acids is 2. The van der Waals surface area contributed by atoms with E-state index in [0.717, 1.165) is 19.3 Å². The Bertz CT molecular complexity index is 496. The van der Waals surface area contributed by atoms with Gasteiger partial charge >= 0.3 is 0 Å². The molecule has 19 heavy (non-hydrogen) atoms. The molecule has 0 bridgehead atoms. The number of benzene rings is 1. The van der Waals surface area contributed by atoms with Crippen molar-refractivity contribution in [2.45, 2.75) is 19.3 Å². The van der Waals surface area contributed by atoms with Crippen LogP contribution in [-0.4, -0.2) is 23.3 Å². The molecule has 1 aliphatic rings. The van der Waals surface area contributed by atoms with Gasteiger partial charge in [0.25, 0.3) is 11.8 Å². The summed E-state index contributed by atoms with van der Waals surface area (Å²) in [6, 6.07) is 6.98. The number of hydrogen-bond donors (Lipinski definition) is 0. The Kier molecular flexibility index (Phi) is 4.29. The summed E-state index contributed by atoms with van der Waals surface area (Å²) in [4.78, 5) is 25.4. The van der Waals surface area contributed by atoms with E-state index in [0.29, 0.717) is 17.7 Å². The molecule has 0 N–H and O–H groups in total. The normalized spacial score (nSPS) is 14.2. The van der Waals surface area contributed by atoms with Crippen LogP contribution >= 0.6 is 0 Å². The van der Waals surface area contributed by atoms with Crippen LogP contribution in [0.15, 0.2) is 49.1 Å². The van der Waals surface area contributed by atoms with E-state index in [1.165, 1.54) is 4.90 Å². The van der Waals surface area contributed by atoms with Gasteiger partial charge in [0.15, 0.2) is 0 Å². The molecule has 0 spiro atoms. The lowest BCUT2D eigenvalue weighted by Crippen LogP contribution is -2.30. The number of hydrogen-bond acceptors (Lipinski definition) is 2. The molecule has 0 unspecified atom stereocenters. The second-order valence-corrected chi connectivity index (χ2v) is 4.45. The van der Waals surface area contributed by atoms with Crippen molar-refractivity contribution in [3.05, 3.63) is 60.2 Å². The van der Waals surface area contributed by atoms with Crippen LogP contribution in [0.5, 0.6) is 0 Å². The van der Waals surface area contributed by atoms with Gasteiger partial charge < -0.3 is 0 Å². The van der Waals surface area contributed by atoms with Crippen molar-refractivity contribution in [2.75, 3.05) is 6.54 Å². The average Bonchev–Trinajstić information content (AvgIpc) is 2.68. The minimum Gasteiger partial charge on any atom is -0.274 e. The van der Waals surface area contributed by atoms with Crippen molar-refractivity contribution >= 4 is 11.8 Å². The van der Waals surface area contributed by atoms with Crippen molar-refractivity contribution in [3.8, 4) is 0 Å². The molecule has 0 saturated carbocycles. The van der Waals surface area contributed by atoms with E-state index in [-0.39, 0.29) is 11.8 Å². The van der Waals surface area contributed by atoms with Gasteiger partial charge in [-0.15, -0.1) is 6.58 Å². The maximum atomic E-state index is 12.0. The SMILES string of the molecule is C=CC/C=C/CCCN1C(=O)c2ccccc2C1=O. The van der Waals surface area contributed by atoms with Gasteiger partial charge in [-0.1, -0.05) is 30.4 Å². The fraction of sp³-hybridized carbons (Fsp3) is 0.250. The van der Waals surface area contributed by atoms with Gasteiger partial charge in [0, 0.05) is 6.54 Å². The zero-order chi connectivity index (χ0) is 13.7. The van der Waals surface area contributed by atoms with Crippen LogP contribution in [0.25, 0.3) is 0 Å². The second-order valence-electron chi connectivity index (χ2n) is 4.45. The lowest BCUT2D eigenvalue weighted by molar-refractivity contribution is 0.0653. The number of amides is 2. The predicted molar refractivity (Wildman–Crippen MR) is 75.0 cm³/mol. The fourth-order valence-electron chi connectivity index (χ4n) is 2.12. The van der Waals surface area contributed by atoms with Crippen molar-refractivity contribution in [1.82, 2.24) is 4.90 Å². The molecule has 1 aromatic carbocycles. The molecular weight excluding hydrogens is 238 g/mol. The number of rotatable bonds is 6. The zero-order valence-electron chi connectivity index (χ0n) is 10.8. The first-order valence-corrected chi connectivity index (χ1v) is 6.47. The number of fused-ring (bicyclic) bond motifs is 1. The maximum Gasteiger partial charge on any atom is 0.261 e. The summed E-state index contributed by atoms with van der Waals surface area (Å²) in [6.07, 6.45) is 8.43.